The van der Waals surface area contributed by atoms with E-state index in [2.05, 4.69) is 48.5 Å². The fourth-order valence-corrected chi connectivity index (χ4v) is 19.3. The minimum atomic E-state index is -1.86. The van der Waals surface area contributed by atoms with Crippen LogP contribution in [0, 0.1) is 10.1 Å². The lowest BCUT2D eigenvalue weighted by molar-refractivity contribution is -0.384. The van der Waals surface area contributed by atoms with Gasteiger partial charge in [-0.05, 0) is 23.3 Å². The van der Waals surface area contributed by atoms with Gasteiger partial charge >= 0.3 is 0 Å². The van der Waals surface area contributed by atoms with E-state index in [-0.39, 0.29) is 10.6 Å². The molecule has 0 bridgehead atoms. The topological polar surface area (TPSA) is 43.1 Å². The number of hydrogen-bond donors (Lipinski definition) is 0. The molecule has 0 spiro atoms. The molecule has 0 aliphatic carbocycles. The maximum absolute atomic E-state index is 10.9. The van der Waals surface area contributed by atoms with Crippen LogP contribution < -0.4 is 0 Å². The standard InChI is InChI=1S/C20H16NO2PS4/c22-21(23)17-11-13-18(14-12-17)26-24(25)27-19(15-7-3-1-4-8-15)20(28-24)16-9-5-2-6-10-16/h1-14,19-20H/t19-,20+,24?. The summed E-state index contributed by atoms with van der Waals surface area (Å²) in [6, 6.07) is 27.8. The van der Waals surface area contributed by atoms with E-state index >= 15 is 0 Å². The van der Waals surface area contributed by atoms with Crippen molar-refractivity contribution in [2.45, 2.75) is 15.4 Å². The quantitative estimate of drug-likeness (QED) is 0.219. The van der Waals surface area contributed by atoms with Crippen LogP contribution in [0.4, 0.5) is 5.69 Å². The van der Waals surface area contributed by atoms with Gasteiger partial charge in [0.15, 0.2) is 0 Å². The summed E-state index contributed by atoms with van der Waals surface area (Å²) in [6.07, 6.45) is 0. The lowest BCUT2D eigenvalue weighted by Crippen LogP contribution is -1.99. The van der Waals surface area contributed by atoms with E-state index in [1.54, 1.807) is 23.5 Å². The van der Waals surface area contributed by atoms with Crippen LogP contribution in [-0.4, -0.2) is 4.92 Å². The Hall–Kier alpha value is -1.24. The number of hydrogen-bond acceptors (Lipinski definition) is 6. The molecular weight excluding hydrogens is 445 g/mol. The summed E-state index contributed by atoms with van der Waals surface area (Å²) in [4.78, 5) is 11.5. The minimum absolute atomic E-state index is 0.108. The Morgan fingerprint density at radius 3 is 1.71 bits per heavy atom. The fraction of sp³-hybridized carbons (Fsp3) is 0.100. The van der Waals surface area contributed by atoms with Gasteiger partial charge in [-0.1, -0.05) is 107 Å². The first-order valence-corrected chi connectivity index (χ1v) is 15.7. The van der Waals surface area contributed by atoms with Crippen LogP contribution in [0.3, 0.4) is 0 Å². The summed E-state index contributed by atoms with van der Waals surface area (Å²) >= 11 is 11.6. The number of nitro benzene ring substituents is 1. The predicted octanol–water partition coefficient (Wildman–Crippen LogP) is 7.87. The maximum atomic E-state index is 10.9. The highest BCUT2D eigenvalue weighted by atomic mass is 33.5. The number of rotatable bonds is 5. The lowest BCUT2D eigenvalue weighted by atomic mass is 10.0. The van der Waals surface area contributed by atoms with Crippen LogP contribution in [0.15, 0.2) is 89.8 Å². The normalized spacial score (nSPS) is 24.1. The fourth-order valence-electron chi connectivity index (χ4n) is 2.97. The number of non-ortho nitro benzene ring substituents is 1. The Bertz CT molecular complexity index is 964. The molecule has 3 aromatic rings. The van der Waals surface area contributed by atoms with Crippen molar-refractivity contribution >= 4 is 55.3 Å². The maximum Gasteiger partial charge on any atom is 0.269 e. The molecule has 1 aliphatic heterocycles. The summed E-state index contributed by atoms with van der Waals surface area (Å²) in [5, 5.41) is 11.5. The SMILES string of the molecule is O=[N+]([O-])c1ccc(SP2(=S)S[C@H](c3ccccc3)[C@H](c3ccccc3)S2)cc1. The summed E-state index contributed by atoms with van der Waals surface area (Å²) < 4.78 is -1.86. The van der Waals surface area contributed by atoms with Gasteiger partial charge < -0.3 is 0 Å². The van der Waals surface area contributed by atoms with Gasteiger partial charge in [0.25, 0.3) is 5.69 Å². The number of benzene rings is 3. The molecule has 0 amide bonds. The first kappa shape index (κ1) is 20.0. The van der Waals surface area contributed by atoms with Crippen molar-refractivity contribution in [1.29, 1.82) is 0 Å². The van der Waals surface area contributed by atoms with E-state index in [0.29, 0.717) is 10.5 Å². The molecular formula is C20H16NO2PS4. The van der Waals surface area contributed by atoms with E-state index < -0.39 is 3.64 Å². The third-order valence-corrected chi connectivity index (χ3v) is 18.1. The van der Waals surface area contributed by atoms with Crippen LogP contribution in [0.1, 0.15) is 21.6 Å². The van der Waals surface area contributed by atoms with Crippen LogP contribution in [-0.2, 0) is 11.8 Å². The average molecular weight is 462 g/mol. The van der Waals surface area contributed by atoms with Crippen molar-refractivity contribution < 1.29 is 4.92 Å². The zero-order valence-corrected chi connectivity index (χ0v) is 18.7. The highest BCUT2D eigenvalue weighted by Gasteiger charge is 2.42. The largest absolute Gasteiger partial charge is 0.269 e. The monoisotopic (exact) mass is 461 g/mol. The van der Waals surface area contributed by atoms with E-state index in [4.69, 9.17) is 11.8 Å². The molecule has 1 heterocycles. The van der Waals surface area contributed by atoms with E-state index in [1.165, 1.54) is 11.1 Å². The predicted molar refractivity (Wildman–Crippen MR) is 127 cm³/mol. The van der Waals surface area contributed by atoms with Crippen molar-refractivity contribution in [3.63, 3.8) is 0 Å². The van der Waals surface area contributed by atoms with Gasteiger partial charge in [-0.2, -0.15) is 0 Å². The zero-order chi connectivity index (χ0) is 19.6. The summed E-state index contributed by atoms with van der Waals surface area (Å²) in [5.74, 6) is 0. The molecule has 3 nitrogen and oxygen atoms in total. The molecule has 142 valence electrons. The minimum Gasteiger partial charge on any atom is -0.258 e. The Balaban J connectivity index is 1.63. The van der Waals surface area contributed by atoms with Crippen LogP contribution in [0.2, 0.25) is 0 Å². The number of nitro groups is 1. The number of nitrogens with zero attached hydrogens (tertiary/aromatic N) is 1. The second-order valence-electron chi connectivity index (χ2n) is 6.16. The van der Waals surface area contributed by atoms with Gasteiger partial charge in [-0.25, -0.2) is 0 Å². The highest BCUT2D eigenvalue weighted by Crippen LogP contribution is 2.92. The molecule has 3 atom stereocenters. The molecule has 1 saturated heterocycles. The average Bonchev–Trinajstić information content (AvgIpc) is 3.07. The Labute approximate surface area is 181 Å². The molecule has 1 fully saturated rings. The van der Waals surface area contributed by atoms with Gasteiger partial charge in [0.2, 0.25) is 0 Å². The second kappa shape index (κ2) is 8.64. The molecule has 28 heavy (non-hydrogen) atoms. The molecule has 4 rings (SSSR count). The van der Waals surface area contributed by atoms with Gasteiger partial charge in [0.05, 0.1) is 15.4 Å². The van der Waals surface area contributed by atoms with Crippen molar-refractivity contribution in [3.8, 4) is 0 Å². The highest BCUT2D eigenvalue weighted by molar-refractivity contribution is 9.24. The summed E-state index contributed by atoms with van der Waals surface area (Å²) in [5.41, 5.74) is 2.70. The Morgan fingerprint density at radius 2 is 1.29 bits per heavy atom. The van der Waals surface area contributed by atoms with Crippen LogP contribution in [0.5, 0.6) is 0 Å². The molecule has 0 N–H and O–H groups in total. The third kappa shape index (κ3) is 4.50. The third-order valence-electron chi connectivity index (χ3n) is 4.28. The van der Waals surface area contributed by atoms with Crippen LogP contribution >= 0.6 is 37.8 Å². The Kier molecular flexibility index (Phi) is 6.18. The van der Waals surface area contributed by atoms with Gasteiger partial charge in [0.1, 0.15) is 3.64 Å². The molecule has 0 aromatic heterocycles. The van der Waals surface area contributed by atoms with Gasteiger partial charge in [-0.15, -0.1) is 0 Å². The van der Waals surface area contributed by atoms with E-state index in [0.717, 1.165) is 4.90 Å². The molecule has 1 unspecified atom stereocenters. The smallest absolute Gasteiger partial charge is 0.258 e. The van der Waals surface area contributed by atoms with Crippen molar-refractivity contribution in [3.05, 3.63) is 106 Å². The van der Waals surface area contributed by atoms with Crippen molar-refractivity contribution in [2.24, 2.45) is 0 Å². The lowest BCUT2D eigenvalue weighted by Gasteiger charge is -2.17. The molecule has 0 saturated carbocycles. The molecule has 8 heteroatoms. The molecule has 0 radical (unpaired) electrons. The van der Waals surface area contributed by atoms with Crippen molar-refractivity contribution in [1.82, 2.24) is 0 Å². The second-order valence-corrected chi connectivity index (χ2v) is 21.7. The molecule has 3 aromatic carbocycles. The van der Waals surface area contributed by atoms with E-state index in [1.807, 2.05) is 47.0 Å². The van der Waals surface area contributed by atoms with Crippen molar-refractivity contribution in [2.75, 3.05) is 0 Å². The van der Waals surface area contributed by atoms with Gasteiger partial charge in [0, 0.05) is 17.0 Å². The summed E-state index contributed by atoms with van der Waals surface area (Å²) in [6.45, 7) is 0. The first-order chi connectivity index (χ1) is 13.5. The van der Waals surface area contributed by atoms with Gasteiger partial charge in [-0.3, -0.25) is 10.1 Å². The molecule has 1 aliphatic rings. The van der Waals surface area contributed by atoms with E-state index in [9.17, 15) is 10.1 Å². The van der Waals surface area contributed by atoms with Crippen LogP contribution in [0.25, 0.3) is 0 Å². The Morgan fingerprint density at radius 1 is 0.821 bits per heavy atom. The zero-order valence-electron chi connectivity index (χ0n) is 14.6. The summed E-state index contributed by atoms with van der Waals surface area (Å²) in [7, 11) is 0. The first-order valence-electron chi connectivity index (χ1n) is 8.55.